The van der Waals surface area contributed by atoms with Crippen LogP contribution < -0.4 is 11.1 Å². The van der Waals surface area contributed by atoms with Crippen LogP contribution in [0.4, 0.5) is 5.69 Å². The summed E-state index contributed by atoms with van der Waals surface area (Å²) in [5.41, 5.74) is 6.31. The molecular formula is C12H8N4O2S2. The van der Waals surface area contributed by atoms with Crippen molar-refractivity contribution in [1.82, 2.24) is 9.97 Å². The van der Waals surface area contributed by atoms with Gasteiger partial charge in [0.2, 0.25) is 0 Å². The Morgan fingerprint density at radius 1 is 1.25 bits per heavy atom. The summed E-state index contributed by atoms with van der Waals surface area (Å²) in [6.07, 6.45) is 1.56. The molecule has 0 aliphatic heterocycles. The standard InChI is InChI=1S/C12H8N4O2S2/c13-9(17)11-16-8-6(2-1-3-7(8)20-11)15-10(18)12-14-4-5-19-12/h1-5H,(H2,13,17)(H,15,18). The summed E-state index contributed by atoms with van der Waals surface area (Å²) < 4.78 is 0.788. The number of benzene rings is 1. The molecule has 0 atom stereocenters. The Hall–Kier alpha value is -2.32. The number of fused-ring (bicyclic) bond motifs is 1. The van der Waals surface area contributed by atoms with E-state index in [-0.39, 0.29) is 10.9 Å². The number of anilines is 1. The maximum atomic E-state index is 12.0. The van der Waals surface area contributed by atoms with Gasteiger partial charge in [0, 0.05) is 11.6 Å². The first-order chi connectivity index (χ1) is 9.65. The lowest BCUT2D eigenvalue weighted by Gasteiger charge is -2.03. The number of amides is 2. The zero-order valence-electron chi connectivity index (χ0n) is 9.99. The first kappa shape index (κ1) is 12.7. The number of carbonyl (C=O) groups is 2. The average Bonchev–Trinajstić information content (AvgIpc) is 3.08. The molecule has 2 heterocycles. The van der Waals surface area contributed by atoms with E-state index < -0.39 is 5.91 Å². The van der Waals surface area contributed by atoms with Crippen LogP contribution in [-0.2, 0) is 0 Å². The lowest BCUT2D eigenvalue weighted by Crippen LogP contribution is -2.12. The molecular weight excluding hydrogens is 296 g/mol. The smallest absolute Gasteiger partial charge is 0.284 e. The molecule has 0 spiro atoms. The topological polar surface area (TPSA) is 98.0 Å². The molecule has 3 aromatic rings. The van der Waals surface area contributed by atoms with E-state index in [1.54, 1.807) is 23.7 Å². The number of nitrogens with two attached hydrogens (primary N) is 1. The van der Waals surface area contributed by atoms with E-state index in [4.69, 9.17) is 5.73 Å². The van der Waals surface area contributed by atoms with Gasteiger partial charge in [0.15, 0.2) is 10.0 Å². The highest BCUT2D eigenvalue weighted by molar-refractivity contribution is 7.20. The van der Waals surface area contributed by atoms with Crippen molar-refractivity contribution in [3.63, 3.8) is 0 Å². The van der Waals surface area contributed by atoms with Gasteiger partial charge in [-0.1, -0.05) is 6.07 Å². The van der Waals surface area contributed by atoms with Crippen molar-refractivity contribution < 1.29 is 9.59 Å². The van der Waals surface area contributed by atoms with E-state index in [2.05, 4.69) is 15.3 Å². The molecule has 2 aromatic heterocycles. The molecule has 3 rings (SSSR count). The zero-order valence-corrected chi connectivity index (χ0v) is 11.6. The number of para-hydroxylation sites is 1. The molecule has 0 aliphatic carbocycles. The van der Waals surface area contributed by atoms with Gasteiger partial charge in [0.1, 0.15) is 5.52 Å². The summed E-state index contributed by atoms with van der Waals surface area (Å²) in [5, 5.41) is 5.05. The SMILES string of the molecule is NC(=O)c1nc2c(NC(=O)c3nccs3)cccc2s1. The van der Waals surface area contributed by atoms with Gasteiger partial charge in [-0.2, -0.15) is 0 Å². The number of nitrogens with zero attached hydrogens (tertiary/aromatic N) is 2. The molecule has 1 aromatic carbocycles. The molecule has 0 radical (unpaired) electrons. The first-order valence-corrected chi connectivity index (χ1v) is 7.25. The highest BCUT2D eigenvalue weighted by Crippen LogP contribution is 2.28. The van der Waals surface area contributed by atoms with Gasteiger partial charge >= 0.3 is 0 Å². The molecule has 0 aliphatic rings. The van der Waals surface area contributed by atoms with Crippen molar-refractivity contribution >= 4 is 50.4 Å². The molecule has 0 fully saturated rings. The monoisotopic (exact) mass is 304 g/mol. The summed E-state index contributed by atoms with van der Waals surface area (Å²) >= 11 is 2.44. The largest absolute Gasteiger partial charge is 0.364 e. The van der Waals surface area contributed by atoms with E-state index in [0.717, 1.165) is 4.70 Å². The Labute approximate surface area is 121 Å². The second-order valence-electron chi connectivity index (χ2n) is 3.83. The fourth-order valence-electron chi connectivity index (χ4n) is 1.67. The van der Waals surface area contributed by atoms with Crippen LogP contribution in [0.3, 0.4) is 0 Å². The first-order valence-electron chi connectivity index (χ1n) is 5.55. The maximum Gasteiger partial charge on any atom is 0.284 e. The molecule has 20 heavy (non-hydrogen) atoms. The highest BCUT2D eigenvalue weighted by atomic mass is 32.1. The Kier molecular flexibility index (Phi) is 3.17. The van der Waals surface area contributed by atoms with Crippen LogP contribution in [0.5, 0.6) is 0 Å². The Balaban J connectivity index is 1.99. The predicted octanol–water partition coefficient (Wildman–Crippen LogP) is 2.10. The summed E-state index contributed by atoms with van der Waals surface area (Å²) in [7, 11) is 0. The summed E-state index contributed by atoms with van der Waals surface area (Å²) in [6.45, 7) is 0. The van der Waals surface area contributed by atoms with E-state index in [0.29, 0.717) is 16.2 Å². The lowest BCUT2D eigenvalue weighted by molar-refractivity contribution is 0.0998. The predicted molar refractivity (Wildman–Crippen MR) is 78.2 cm³/mol. The molecule has 2 amide bonds. The van der Waals surface area contributed by atoms with Gasteiger partial charge in [-0.25, -0.2) is 9.97 Å². The van der Waals surface area contributed by atoms with Crippen LogP contribution in [0.15, 0.2) is 29.8 Å². The lowest BCUT2D eigenvalue weighted by atomic mass is 10.3. The Morgan fingerprint density at radius 2 is 2.10 bits per heavy atom. The van der Waals surface area contributed by atoms with Gasteiger partial charge < -0.3 is 11.1 Å². The minimum Gasteiger partial charge on any atom is -0.364 e. The second-order valence-corrected chi connectivity index (χ2v) is 5.75. The number of hydrogen-bond acceptors (Lipinski definition) is 6. The molecule has 0 saturated heterocycles. The highest BCUT2D eigenvalue weighted by Gasteiger charge is 2.14. The van der Waals surface area contributed by atoms with Crippen LogP contribution >= 0.6 is 22.7 Å². The molecule has 0 saturated carbocycles. The van der Waals surface area contributed by atoms with E-state index in [1.165, 1.54) is 22.7 Å². The van der Waals surface area contributed by atoms with Gasteiger partial charge in [-0.05, 0) is 12.1 Å². The summed E-state index contributed by atoms with van der Waals surface area (Å²) in [5.74, 6) is -0.885. The number of carbonyl (C=O) groups excluding carboxylic acids is 2. The van der Waals surface area contributed by atoms with Gasteiger partial charge in [0.25, 0.3) is 11.8 Å². The minimum absolute atomic E-state index is 0.218. The van der Waals surface area contributed by atoms with Crippen molar-refractivity contribution in [2.24, 2.45) is 5.73 Å². The van der Waals surface area contributed by atoms with E-state index in [9.17, 15) is 9.59 Å². The summed E-state index contributed by atoms with van der Waals surface area (Å²) in [4.78, 5) is 31.2. The Bertz CT molecular complexity index is 795. The van der Waals surface area contributed by atoms with Gasteiger partial charge in [-0.3, -0.25) is 9.59 Å². The average molecular weight is 304 g/mol. The fourth-order valence-corrected chi connectivity index (χ4v) is 3.04. The normalized spacial score (nSPS) is 10.6. The van der Waals surface area contributed by atoms with Crippen LogP contribution in [0, 0.1) is 0 Å². The van der Waals surface area contributed by atoms with Crippen molar-refractivity contribution in [3.8, 4) is 0 Å². The van der Waals surface area contributed by atoms with Crippen LogP contribution in [-0.4, -0.2) is 21.8 Å². The zero-order chi connectivity index (χ0) is 14.1. The van der Waals surface area contributed by atoms with Gasteiger partial charge in [-0.15, -0.1) is 22.7 Å². The van der Waals surface area contributed by atoms with Crippen molar-refractivity contribution in [1.29, 1.82) is 0 Å². The third-order valence-electron chi connectivity index (χ3n) is 2.50. The third-order valence-corrected chi connectivity index (χ3v) is 4.31. The van der Waals surface area contributed by atoms with Crippen LogP contribution in [0.2, 0.25) is 0 Å². The van der Waals surface area contributed by atoms with Gasteiger partial charge in [0.05, 0.1) is 10.4 Å². The van der Waals surface area contributed by atoms with Crippen molar-refractivity contribution in [2.75, 3.05) is 5.32 Å². The van der Waals surface area contributed by atoms with Crippen LogP contribution in [0.25, 0.3) is 10.2 Å². The molecule has 3 N–H and O–H groups in total. The number of rotatable bonds is 3. The van der Waals surface area contributed by atoms with E-state index in [1.807, 2.05) is 6.07 Å². The van der Waals surface area contributed by atoms with Crippen molar-refractivity contribution in [3.05, 3.63) is 39.8 Å². The summed E-state index contributed by atoms with van der Waals surface area (Å²) in [6, 6.07) is 5.32. The van der Waals surface area contributed by atoms with Crippen molar-refractivity contribution in [2.45, 2.75) is 0 Å². The molecule has 0 unspecified atom stereocenters. The Morgan fingerprint density at radius 3 is 2.80 bits per heavy atom. The number of nitrogens with one attached hydrogen (secondary N) is 1. The fraction of sp³-hybridized carbons (Fsp3) is 0. The molecule has 6 nitrogen and oxygen atoms in total. The van der Waals surface area contributed by atoms with E-state index >= 15 is 0 Å². The second kappa shape index (κ2) is 4.99. The molecule has 8 heteroatoms. The number of aromatic nitrogens is 2. The maximum absolute atomic E-state index is 12.0. The molecule has 100 valence electrons. The third kappa shape index (κ3) is 2.26. The minimum atomic E-state index is -0.580. The quantitative estimate of drug-likeness (QED) is 0.774. The number of primary amides is 1. The molecule has 0 bridgehead atoms. The number of thiazole rings is 2. The van der Waals surface area contributed by atoms with Crippen LogP contribution in [0.1, 0.15) is 19.6 Å². The number of hydrogen-bond donors (Lipinski definition) is 2.